The van der Waals surface area contributed by atoms with E-state index in [-0.39, 0.29) is 12.4 Å². The fraction of sp³-hybridized carbons (Fsp3) is 0.600. The van der Waals surface area contributed by atoms with Gasteiger partial charge in [0.05, 0.1) is 0 Å². The van der Waals surface area contributed by atoms with Crippen LogP contribution in [0.4, 0.5) is 5.69 Å². The maximum atomic E-state index is 5.85. The predicted octanol–water partition coefficient (Wildman–Crippen LogP) is 3.84. The summed E-state index contributed by atoms with van der Waals surface area (Å²) in [5.74, 6) is 0. The molecule has 0 amide bonds. The standard InChI is InChI=1S/C15H24N2.ClH/c1-12(2)17(15-8-3-4-9-15)11-13-6-5-7-14(16)10-13;/h5-7,10,12,15H,3-4,8-9,11,16H2,1-2H3;1H. The van der Waals surface area contributed by atoms with Crippen LogP contribution in [0.15, 0.2) is 24.3 Å². The van der Waals surface area contributed by atoms with Crippen LogP contribution in [0.3, 0.4) is 0 Å². The van der Waals surface area contributed by atoms with E-state index in [1.165, 1.54) is 31.2 Å². The molecule has 1 aromatic carbocycles. The van der Waals surface area contributed by atoms with Crippen molar-refractivity contribution in [2.24, 2.45) is 0 Å². The highest BCUT2D eigenvalue weighted by Gasteiger charge is 2.24. The highest BCUT2D eigenvalue weighted by molar-refractivity contribution is 5.85. The van der Waals surface area contributed by atoms with Crippen LogP contribution in [0, 0.1) is 0 Å². The van der Waals surface area contributed by atoms with Crippen LogP contribution in [0.5, 0.6) is 0 Å². The second-order valence-corrected chi connectivity index (χ2v) is 5.45. The molecule has 0 heterocycles. The van der Waals surface area contributed by atoms with Gasteiger partial charge in [0.2, 0.25) is 0 Å². The lowest BCUT2D eigenvalue weighted by atomic mass is 10.1. The number of hydrogen-bond acceptors (Lipinski definition) is 2. The van der Waals surface area contributed by atoms with E-state index in [0.29, 0.717) is 6.04 Å². The first-order valence-electron chi connectivity index (χ1n) is 6.77. The number of halogens is 1. The monoisotopic (exact) mass is 268 g/mol. The molecule has 1 fully saturated rings. The fourth-order valence-corrected chi connectivity index (χ4v) is 2.87. The maximum absolute atomic E-state index is 5.85. The van der Waals surface area contributed by atoms with Gasteiger partial charge in [0.25, 0.3) is 0 Å². The number of nitrogen functional groups attached to an aromatic ring is 1. The van der Waals surface area contributed by atoms with Crippen LogP contribution >= 0.6 is 12.4 Å². The first-order valence-corrected chi connectivity index (χ1v) is 6.77. The van der Waals surface area contributed by atoms with E-state index in [9.17, 15) is 0 Å². The minimum Gasteiger partial charge on any atom is -0.399 e. The summed E-state index contributed by atoms with van der Waals surface area (Å²) in [6, 6.07) is 9.68. The van der Waals surface area contributed by atoms with Gasteiger partial charge in [-0.15, -0.1) is 12.4 Å². The highest BCUT2D eigenvalue weighted by Crippen LogP contribution is 2.26. The van der Waals surface area contributed by atoms with Crippen molar-refractivity contribution in [2.45, 2.75) is 58.2 Å². The van der Waals surface area contributed by atoms with Gasteiger partial charge < -0.3 is 5.73 Å². The largest absolute Gasteiger partial charge is 0.399 e. The summed E-state index contributed by atoms with van der Waals surface area (Å²) < 4.78 is 0. The Morgan fingerprint density at radius 2 is 1.94 bits per heavy atom. The lowest BCUT2D eigenvalue weighted by molar-refractivity contribution is 0.146. The molecule has 0 aliphatic heterocycles. The molecule has 18 heavy (non-hydrogen) atoms. The summed E-state index contributed by atoms with van der Waals surface area (Å²) in [4.78, 5) is 2.63. The molecule has 0 aromatic heterocycles. The average Bonchev–Trinajstić information content (AvgIpc) is 2.78. The van der Waals surface area contributed by atoms with Crippen molar-refractivity contribution in [3.8, 4) is 0 Å². The van der Waals surface area contributed by atoms with E-state index in [1.54, 1.807) is 0 Å². The predicted molar refractivity (Wildman–Crippen MR) is 81.0 cm³/mol. The van der Waals surface area contributed by atoms with E-state index in [2.05, 4.69) is 36.9 Å². The zero-order chi connectivity index (χ0) is 12.3. The van der Waals surface area contributed by atoms with E-state index < -0.39 is 0 Å². The molecule has 1 aliphatic rings. The molecule has 0 radical (unpaired) electrons. The third-order valence-corrected chi connectivity index (χ3v) is 3.77. The van der Waals surface area contributed by atoms with Crippen molar-refractivity contribution < 1.29 is 0 Å². The lowest BCUT2D eigenvalue weighted by Gasteiger charge is -2.32. The Labute approximate surface area is 117 Å². The van der Waals surface area contributed by atoms with Gasteiger partial charge >= 0.3 is 0 Å². The summed E-state index contributed by atoms with van der Waals surface area (Å²) >= 11 is 0. The van der Waals surface area contributed by atoms with Crippen LogP contribution in [-0.4, -0.2) is 17.0 Å². The molecule has 0 saturated heterocycles. The SMILES string of the molecule is CC(C)N(Cc1cccc(N)c1)C1CCCC1.Cl. The Kier molecular flexibility index (Phi) is 5.97. The Bertz CT molecular complexity index is 359. The highest BCUT2D eigenvalue weighted by atomic mass is 35.5. The molecule has 0 atom stereocenters. The Morgan fingerprint density at radius 1 is 1.28 bits per heavy atom. The first-order chi connectivity index (χ1) is 8.16. The second kappa shape index (κ2) is 7.01. The number of nitrogens with two attached hydrogens (primary N) is 1. The molecular formula is C15H25ClN2. The van der Waals surface area contributed by atoms with Gasteiger partial charge in [-0.3, -0.25) is 4.90 Å². The molecule has 0 bridgehead atoms. The smallest absolute Gasteiger partial charge is 0.0317 e. The molecule has 2 nitrogen and oxygen atoms in total. The summed E-state index contributed by atoms with van der Waals surface area (Å²) in [7, 11) is 0. The number of rotatable bonds is 4. The molecule has 2 rings (SSSR count). The van der Waals surface area contributed by atoms with Gasteiger partial charge in [0.15, 0.2) is 0 Å². The molecule has 0 spiro atoms. The van der Waals surface area contributed by atoms with Crippen molar-refractivity contribution in [1.82, 2.24) is 4.90 Å². The van der Waals surface area contributed by atoms with E-state index >= 15 is 0 Å². The van der Waals surface area contributed by atoms with E-state index in [0.717, 1.165) is 18.3 Å². The van der Waals surface area contributed by atoms with E-state index in [4.69, 9.17) is 5.73 Å². The van der Waals surface area contributed by atoms with Crippen LogP contribution in [0.25, 0.3) is 0 Å². The Balaban J connectivity index is 0.00000162. The quantitative estimate of drug-likeness (QED) is 0.841. The van der Waals surface area contributed by atoms with Crippen LogP contribution in [-0.2, 0) is 6.54 Å². The Morgan fingerprint density at radius 3 is 2.50 bits per heavy atom. The van der Waals surface area contributed by atoms with Crippen LogP contribution in [0.2, 0.25) is 0 Å². The van der Waals surface area contributed by atoms with Gasteiger partial charge in [0.1, 0.15) is 0 Å². The number of anilines is 1. The van der Waals surface area contributed by atoms with Gasteiger partial charge in [-0.2, -0.15) is 0 Å². The van der Waals surface area contributed by atoms with Crippen molar-refractivity contribution in [1.29, 1.82) is 0 Å². The third kappa shape index (κ3) is 3.89. The zero-order valence-corrected chi connectivity index (χ0v) is 12.2. The topological polar surface area (TPSA) is 29.3 Å². The normalized spacial score (nSPS) is 16.2. The number of benzene rings is 1. The lowest BCUT2D eigenvalue weighted by Crippen LogP contribution is -2.38. The van der Waals surface area contributed by atoms with Gasteiger partial charge in [-0.05, 0) is 44.4 Å². The fourth-order valence-electron chi connectivity index (χ4n) is 2.87. The summed E-state index contributed by atoms with van der Waals surface area (Å²) in [6.45, 7) is 5.63. The molecule has 3 heteroatoms. The molecular weight excluding hydrogens is 244 g/mol. The van der Waals surface area contributed by atoms with Crippen molar-refractivity contribution in [3.05, 3.63) is 29.8 Å². The van der Waals surface area contributed by atoms with Crippen molar-refractivity contribution in [2.75, 3.05) is 5.73 Å². The molecule has 2 N–H and O–H groups in total. The van der Waals surface area contributed by atoms with Gasteiger partial charge in [-0.1, -0.05) is 25.0 Å². The zero-order valence-electron chi connectivity index (χ0n) is 11.4. The van der Waals surface area contributed by atoms with Crippen LogP contribution < -0.4 is 5.73 Å². The minimum atomic E-state index is 0. The maximum Gasteiger partial charge on any atom is 0.0317 e. The van der Waals surface area contributed by atoms with Gasteiger partial charge in [-0.25, -0.2) is 0 Å². The molecule has 1 aliphatic carbocycles. The van der Waals surface area contributed by atoms with Crippen molar-refractivity contribution >= 4 is 18.1 Å². The summed E-state index contributed by atoms with van der Waals surface area (Å²) in [5.41, 5.74) is 8.06. The molecule has 1 saturated carbocycles. The molecule has 0 unspecified atom stereocenters. The number of hydrogen-bond donors (Lipinski definition) is 1. The first kappa shape index (κ1) is 15.3. The molecule has 1 aromatic rings. The summed E-state index contributed by atoms with van der Waals surface area (Å²) in [5, 5.41) is 0. The number of nitrogens with zero attached hydrogens (tertiary/aromatic N) is 1. The molecule has 102 valence electrons. The van der Waals surface area contributed by atoms with Crippen molar-refractivity contribution in [3.63, 3.8) is 0 Å². The van der Waals surface area contributed by atoms with E-state index in [1.807, 2.05) is 6.07 Å². The average molecular weight is 269 g/mol. The van der Waals surface area contributed by atoms with Gasteiger partial charge in [0, 0.05) is 24.3 Å². The minimum absolute atomic E-state index is 0. The summed E-state index contributed by atoms with van der Waals surface area (Å²) in [6.07, 6.45) is 5.51. The van der Waals surface area contributed by atoms with Crippen LogP contribution in [0.1, 0.15) is 45.1 Å². The third-order valence-electron chi connectivity index (χ3n) is 3.77. The Hall–Kier alpha value is -0.730. The second-order valence-electron chi connectivity index (χ2n) is 5.45.